The number of benzene rings is 1. The topological polar surface area (TPSA) is 88.9 Å². The Morgan fingerprint density at radius 3 is 2.61 bits per heavy atom. The summed E-state index contributed by atoms with van der Waals surface area (Å²) in [6.45, 7) is 1.72. The van der Waals surface area contributed by atoms with Gasteiger partial charge in [0.2, 0.25) is 5.82 Å². The second kappa shape index (κ2) is 5.31. The summed E-state index contributed by atoms with van der Waals surface area (Å²) in [5.41, 5.74) is 1.72. The van der Waals surface area contributed by atoms with E-state index in [1.807, 2.05) is 24.3 Å². The van der Waals surface area contributed by atoms with Crippen molar-refractivity contribution in [2.24, 2.45) is 0 Å². The van der Waals surface area contributed by atoms with Crippen molar-refractivity contribution in [1.29, 1.82) is 0 Å². The van der Waals surface area contributed by atoms with E-state index in [0.29, 0.717) is 18.1 Å². The molecule has 92 valence electrons. The van der Waals surface area contributed by atoms with Crippen LogP contribution in [0, 0.1) is 6.92 Å². The van der Waals surface area contributed by atoms with Crippen LogP contribution in [-0.4, -0.2) is 31.5 Å². The molecule has 18 heavy (non-hydrogen) atoms. The average Bonchev–Trinajstić information content (AvgIpc) is 2.37. The molecule has 0 atom stereocenters. The molecular formula is C12H12N4O2. The predicted molar refractivity (Wildman–Crippen MR) is 63.8 cm³/mol. The Morgan fingerprint density at radius 1 is 1.22 bits per heavy atom. The second-order valence-electron chi connectivity index (χ2n) is 3.86. The lowest BCUT2D eigenvalue weighted by atomic mass is 10.1. The summed E-state index contributed by atoms with van der Waals surface area (Å²) in [4.78, 5) is 10.5. The molecule has 0 radical (unpaired) electrons. The zero-order chi connectivity index (χ0) is 13.0. The second-order valence-corrected chi connectivity index (χ2v) is 3.86. The minimum Gasteiger partial charge on any atom is -0.481 e. The SMILES string of the molecule is Cc1nnc(-c2cccc(CCC(=O)O)c2)nn1. The lowest BCUT2D eigenvalue weighted by Gasteiger charge is -2.02. The van der Waals surface area contributed by atoms with Gasteiger partial charge in [0.05, 0.1) is 0 Å². The third-order valence-electron chi connectivity index (χ3n) is 2.39. The van der Waals surface area contributed by atoms with Crippen LogP contribution in [0.5, 0.6) is 0 Å². The quantitative estimate of drug-likeness (QED) is 0.870. The van der Waals surface area contributed by atoms with Gasteiger partial charge in [0.1, 0.15) is 0 Å². The van der Waals surface area contributed by atoms with Crippen molar-refractivity contribution in [3.8, 4) is 11.4 Å². The van der Waals surface area contributed by atoms with Crippen molar-refractivity contribution >= 4 is 5.97 Å². The van der Waals surface area contributed by atoms with Crippen LogP contribution in [0.1, 0.15) is 17.8 Å². The normalized spacial score (nSPS) is 10.3. The first-order chi connectivity index (χ1) is 8.65. The fraction of sp³-hybridized carbons (Fsp3) is 0.250. The summed E-state index contributed by atoms with van der Waals surface area (Å²) in [7, 11) is 0. The molecule has 1 N–H and O–H groups in total. The number of rotatable bonds is 4. The molecule has 1 aromatic heterocycles. The fourth-order valence-corrected chi connectivity index (χ4v) is 1.51. The van der Waals surface area contributed by atoms with E-state index in [4.69, 9.17) is 5.11 Å². The van der Waals surface area contributed by atoms with Crippen LogP contribution in [0.25, 0.3) is 11.4 Å². The molecule has 0 aliphatic heterocycles. The summed E-state index contributed by atoms with van der Waals surface area (Å²) in [5, 5.41) is 24.2. The van der Waals surface area contributed by atoms with Gasteiger partial charge < -0.3 is 5.11 Å². The molecule has 0 bridgehead atoms. The Morgan fingerprint density at radius 2 is 1.94 bits per heavy atom. The molecule has 0 spiro atoms. The van der Waals surface area contributed by atoms with E-state index in [-0.39, 0.29) is 6.42 Å². The number of carbonyl (C=O) groups is 1. The van der Waals surface area contributed by atoms with Gasteiger partial charge in [-0.2, -0.15) is 0 Å². The van der Waals surface area contributed by atoms with Crippen molar-refractivity contribution in [2.45, 2.75) is 19.8 Å². The van der Waals surface area contributed by atoms with Crippen molar-refractivity contribution in [3.05, 3.63) is 35.7 Å². The van der Waals surface area contributed by atoms with Gasteiger partial charge >= 0.3 is 5.97 Å². The summed E-state index contributed by atoms with van der Waals surface area (Å²) in [6, 6.07) is 7.42. The van der Waals surface area contributed by atoms with E-state index in [1.54, 1.807) is 6.92 Å². The first kappa shape index (κ1) is 12.1. The Labute approximate surface area is 104 Å². The van der Waals surface area contributed by atoms with Crippen molar-refractivity contribution in [3.63, 3.8) is 0 Å². The van der Waals surface area contributed by atoms with E-state index in [0.717, 1.165) is 11.1 Å². The number of hydrogen-bond donors (Lipinski definition) is 1. The van der Waals surface area contributed by atoms with Crippen LogP contribution in [0.2, 0.25) is 0 Å². The van der Waals surface area contributed by atoms with Crippen LogP contribution in [0.4, 0.5) is 0 Å². The maximum atomic E-state index is 10.5. The van der Waals surface area contributed by atoms with Gasteiger partial charge in [-0.15, -0.1) is 20.4 Å². The average molecular weight is 244 g/mol. The van der Waals surface area contributed by atoms with Gasteiger partial charge in [-0.1, -0.05) is 18.2 Å². The highest BCUT2D eigenvalue weighted by Gasteiger charge is 2.05. The Bertz CT molecular complexity index is 554. The number of nitrogens with zero attached hydrogens (tertiary/aromatic N) is 4. The van der Waals surface area contributed by atoms with Gasteiger partial charge in [0.15, 0.2) is 5.82 Å². The summed E-state index contributed by atoms with van der Waals surface area (Å²) >= 11 is 0. The minimum absolute atomic E-state index is 0.106. The van der Waals surface area contributed by atoms with Gasteiger partial charge in [-0.25, -0.2) is 0 Å². The number of carboxylic acids is 1. The van der Waals surface area contributed by atoms with E-state index >= 15 is 0 Å². The molecule has 0 saturated carbocycles. The van der Waals surface area contributed by atoms with Crippen molar-refractivity contribution in [2.75, 3.05) is 0 Å². The maximum absolute atomic E-state index is 10.5. The molecule has 1 heterocycles. The largest absolute Gasteiger partial charge is 0.481 e. The lowest BCUT2D eigenvalue weighted by molar-refractivity contribution is -0.136. The van der Waals surface area contributed by atoms with E-state index < -0.39 is 5.97 Å². The van der Waals surface area contributed by atoms with Gasteiger partial charge in [-0.05, 0) is 25.0 Å². The number of aliphatic carboxylic acids is 1. The number of hydrogen-bond acceptors (Lipinski definition) is 5. The highest BCUT2D eigenvalue weighted by molar-refractivity contribution is 5.67. The Balaban J connectivity index is 2.21. The first-order valence-electron chi connectivity index (χ1n) is 5.50. The first-order valence-corrected chi connectivity index (χ1v) is 5.50. The standard InChI is InChI=1S/C12H12N4O2/c1-8-13-15-12(16-14-8)10-4-2-3-9(7-10)5-6-11(17)18/h2-4,7H,5-6H2,1H3,(H,17,18). The number of carboxylic acid groups (broad SMARTS) is 1. The van der Waals surface area contributed by atoms with Crippen LogP contribution in [0.15, 0.2) is 24.3 Å². The molecule has 6 nitrogen and oxygen atoms in total. The zero-order valence-corrected chi connectivity index (χ0v) is 9.87. The number of aryl methyl sites for hydroxylation is 2. The van der Waals surface area contributed by atoms with Crippen molar-refractivity contribution in [1.82, 2.24) is 20.4 Å². The van der Waals surface area contributed by atoms with Gasteiger partial charge in [-0.3, -0.25) is 4.79 Å². The molecule has 0 amide bonds. The van der Waals surface area contributed by atoms with E-state index in [2.05, 4.69) is 20.4 Å². The third kappa shape index (κ3) is 3.07. The fourth-order valence-electron chi connectivity index (χ4n) is 1.51. The van der Waals surface area contributed by atoms with Crippen molar-refractivity contribution < 1.29 is 9.90 Å². The van der Waals surface area contributed by atoms with E-state index in [9.17, 15) is 4.79 Å². The molecule has 6 heteroatoms. The molecule has 1 aromatic carbocycles. The molecule has 0 unspecified atom stereocenters. The lowest BCUT2D eigenvalue weighted by Crippen LogP contribution is -2.00. The Kier molecular flexibility index (Phi) is 3.57. The summed E-state index contributed by atoms with van der Waals surface area (Å²) in [6.07, 6.45) is 0.588. The number of aromatic nitrogens is 4. The van der Waals surface area contributed by atoms with E-state index in [1.165, 1.54) is 0 Å². The van der Waals surface area contributed by atoms with Crippen LogP contribution >= 0.6 is 0 Å². The molecule has 0 aliphatic carbocycles. The van der Waals surface area contributed by atoms with Gasteiger partial charge in [0, 0.05) is 12.0 Å². The molecular weight excluding hydrogens is 232 g/mol. The van der Waals surface area contributed by atoms with Crippen LogP contribution in [-0.2, 0) is 11.2 Å². The third-order valence-corrected chi connectivity index (χ3v) is 2.39. The molecule has 0 saturated heterocycles. The highest BCUT2D eigenvalue weighted by atomic mass is 16.4. The molecule has 0 aliphatic rings. The smallest absolute Gasteiger partial charge is 0.303 e. The Hall–Kier alpha value is -2.37. The molecule has 2 aromatic rings. The van der Waals surface area contributed by atoms with Crippen LogP contribution in [0.3, 0.4) is 0 Å². The monoisotopic (exact) mass is 244 g/mol. The van der Waals surface area contributed by atoms with Gasteiger partial charge in [0.25, 0.3) is 0 Å². The summed E-state index contributed by atoms with van der Waals surface area (Å²) in [5.74, 6) is 0.147. The maximum Gasteiger partial charge on any atom is 0.303 e. The molecule has 2 rings (SSSR count). The summed E-state index contributed by atoms with van der Waals surface area (Å²) < 4.78 is 0. The van der Waals surface area contributed by atoms with Crippen LogP contribution < -0.4 is 0 Å². The zero-order valence-electron chi connectivity index (χ0n) is 9.87. The highest BCUT2D eigenvalue weighted by Crippen LogP contribution is 2.15. The molecule has 0 fully saturated rings. The predicted octanol–water partition coefficient (Wildman–Crippen LogP) is 1.26. The minimum atomic E-state index is -0.810.